The molecule has 3 atom stereocenters. The van der Waals surface area contributed by atoms with Crippen LogP contribution >= 0.6 is 23.2 Å². The number of non-ortho nitro benzene ring substituents is 1. The van der Waals surface area contributed by atoms with Crippen molar-refractivity contribution in [2.75, 3.05) is 70.4 Å². The number of H-pyrrole nitrogens is 1. The van der Waals surface area contributed by atoms with Gasteiger partial charge in [-0.1, -0.05) is 23.2 Å². The molecule has 10 N–H and O–H groups in total. The summed E-state index contributed by atoms with van der Waals surface area (Å²) in [6, 6.07) is 8.70. The van der Waals surface area contributed by atoms with Gasteiger partial charge >= 0.3 is 11.9 Å². The SMILES string of the molecule is Nc1nc2nc(CNc3ccc(C(=O)NC(CCC(=O)NCCCOCCOCCOCCCNC(=O)CCCC(=O)OCC(NC(=O)C(Cl)Cl)C(O)c4ccc([N+](=O)[O-])cc4)C(=O)O)cc3)cnc2c(=O)[nH]1. The summed E-state index contributed by atoms with van der Waals surface area (Å²) in [5.74, 6) is -4.20. The number of carboxylic acid groups (broad SMARTS) is 1. The first kappa shape index (κ1) is 58.5. The number of nitro groups is 1. The number of benzene rings is 2. The van der Waals surface area contributed by atoms with Crippen LogP contribution in [0.5, 0.6) is 0 Å². The van der Waals surface area contributed by atoms with Gasteiger partial charge in [-0.3, -0.25) is 43.9 Å². The number of hydrogen-bond acceptors (Lipinski definition) is 19. The highest BCUT2D eigenvalue weighted by molar-refractivity contribution is 6.53. The Labute approximate surface area is 426 Å². The molecule has 4 amide bonds. The standard InChI is InChI=1S/C45H57Cl2N11O15/c46-39(47)43(65)55-33(38(62)27-8-12-31(13-9-27)58(68)69)26-73-36(61)5-1-4-34(59)49-16-2-18-70-20-22-72-23-21-71-19-3-17-50-35(60)15-14-32(44(66)67)54-41(63)28-6-10-29(11-7-28)51-24-30-25-52-37-40(53-30)56-45(48)57-42(37)64/h6-13,25,32-33,38-39,51,62H,1-5,14-24,26H2,(H,49,59)(H,50,60)(H,54,63)(H,55,65)(H,66,67)(H3,48,53,56,57,64). The molecule has 2 heterocycles. The second-order valence-corrected chi connectivity index (χ2v) is 16.9. The van der Waals surface area contributed by atoms with Crippen LogP contribution in [-0.2, 0) is 49.5 Å². The Morgan fingerprint density at radius 1 is 0.808 bits per heavy atom. The van der Waals surface area contributed by atoms with E-state index in [-0.39, 0.29) is 84.4 Å². The number of anilines is 2. The number of nitrogens with one attached hydrogen (secondary N) is 6. The summed E-state index contributed by atoms with van der Waals surface area (Å²) in [6.07, 6.45) is 0.851. The van der Waals surface area contributed by atoms with Crippen molar-refractivity contribution in [1.82, 2.24) is 41.2 Å². The fraction of sp³-hybridized carbons (Fsp3) is 0.467. The first-order valence-electron chi connectivity index (χ1n) is 22.8. The van der Waals surface area contributed by atoms with Gasteiger partial charge in [0.15, 0.2) is 16.0 Å². The summed E-state index contributed by atoms with van der Waals surface area (Å²) in [5.41, 5.74) is 6.53. The Bertz CT molecular complexity index is 2520. The molecule has 0 aliphatic heterocycles. The number of aromatic amines is 1. The fourth-order valence-electron chi connectivity index (χ4n) is 6.42. The van der Waals surface area contributed by atoms with Gasteiger partial charge in [0, 0.05) is 68.9 Å². The smallest absolute Gasteiger partial charge is 0.326 e. The van der Waals surface area contributed by atoms with Gasteiger partial charge in [0.05, 0.1) is 55.8 Å². The lowest BCUT2D eigenvalue weighted by molar-refractivity contribution is -0.384. The van der Waals surface area contributed by atoms with Crippen LogP contribution in [0.25, 0.3) is 11.2 Å². The number of nitrogen functional groups attached to an aromatic ring is 1. The van der Waals surface area contributed by atoms with Gasteiger partial charge in [0.2, 0.25) is 17.8 Å². The molecule has 396 valence electrons. The predicted molar refractivity (Wildman–Crippen MR) is 262 cm³/mol. The molecule has 28 heteroatoms. The summed E-state index contributed by atoms with van der Waals surface area (Å²) in [6.45, 7) is 2.36. The minimum atomic E-state index is -1.47. The Hall–Kier alpha value is -7.10. The average molecular weight is 1060 g/mol. The van der Waals surface area contributed by atoms with Crippen LogP contribution in [0.4, 0.5) is 17.3 Å². The molecule has 4 aromatic rings. The number of aliphatic hydroxyl groups is 1. The summed E-state index contributed by atoms with van der Waals surface area (Å²) in [5, 5.41) is 44.7. The van der Waals surface area contributed by atoms with Crippen molar-refractivity contribution in [1.29, 1.82) is 0 Å². The van der Waals surface area contributed by atoms with Crippen molar-refractivity contribution in [2.45, 2.75) is 74.5 Å². The first-order valence-corrected chi connectivity index (χ1v) is 23.7. The van der Waals surface area contributed by atoms with Crippen molar-refractivity contribution >= 4 is 87.3 Å². The quantitative estimate of drug-likeness (QED) is 0.0105. The van der Waals surface area contributed by atoms with E-state index in [2.05, 4.69) is 46.5 Å². The lowest BCUT2D eigenvalue weighted by Gasteiger charge is -2.24. The van der Waals surface area contributed by atoms with Gasteiger partial charge in [-0.2, -0.15) is 4.98 Å². The maximum atomic E-state index is 12.8. The molecular weight excluding hydrogens is 1010 g/mol. The van der Waals surface area contributed by atoms with Crippen LogP contribution in [0.1, 0.15) is 72.7 Å². The van der Waals surface area contributed by atoms with Gasteiger partial charge in [0.25, 0.3) is 23.1 Å². The molecule has 0 aliphatic rings. The van der Waals surface area contributed by atoms with Gasteiger partial charge in [-0.25, -0.2) is 14.8 Å². The molecule has 0 spiro atoms. The number of aromatic nitrogens is 4. The van der Waals surface area contributed by atoms with Crippen molar-refractivity contribution in [3.8, 4) is 0 Å². The van der Waals surface area contributed by atoms with Crippen LogP contribution < -0.4 is 37.9 Å². The van der Waals surface area contributed by atoms with Crippen LogP contribution in [0.15, 0.2) is 59.5 Å². The van der Waals surface area contributed by atoms with Crippen LogP contribution in [0.2, 0.25) is 0 Å². The molecular formula is C45H57Cl2N11O15. The lowest BCUT2D eigenvalue weighted by atomic mass is 10.0. The van der Waals surface area contributed by atoms with Gasteiger partial charge in [-0.15, -0.1) is 0 Å². The molecule has 0 saturated carbocycles. The number of nitrogens with zero attached hydrogens (tertiary/aromatic N) is 4. The normalized spacial score (nSPS) is 12.3. The minimum absolute atomic E-state index is 0.0408. The molecule has 73 heavy (non-hydrogen) atoms. The number of carbonyl (C=O) groups is 6. The molecule has 0 bridgehead atoms. The van der Waals surface area contributed by atoms with E-state index >= 15 is 0 Å². The molecule has 4 rings (SSSR count). The highest BCUT2D eigenvalue weighted by Crippen LogP contribution is 2.22. The number of ether oxygens (including phenoxy) is 4. The second kappa shape index (κ2) is 31.4. The zero-order valence-electron chi connectivity index (χ0n) is 39.4. The number of hydrogen-bond donors (Lipinski definition) is 9. The molecule has 0 fully saturated rings. The molecule has 0 saturated heterocycles. The van der Waals surface area contributed by atoms with Crippen molar-refractivity contribution in [2.24, 2.45) is 0 Å². The van der Waals surface area contributed by atoms with E-state index < -0.39 is 63.9 Å². The maximum absolute atomic E-state index is 12.8. The Morgan fingerprint density at radius 2 is 1.42 bits per heavy atom. The van der Waals surface area contributed by atoms with E-state index in [1.807, 2.05) is 0 Å². The third-order valence-corrected chi connectivity index (χ3v) is 10.6. The van der Waals surface area contributed by atoms with Gasteiger partial charge in [0.1, 0.15) is 18.8 Å². The van der Waals surface area contributed by atoms with Crippen molar-refractivity contribution < 1.29 is 62.9 Å². The van der Waals surface area contributed by atoms with E-state index in [9.17, 15) is 53.9 Å². The molecule has 26 nitrogen and oxygen atoms in total. The van der Waals surface area contributed by atoms with E-state index in [1.165, 1.54) is 42.6 Å². The molecule has 3 unspecified atom stereocenters. The Morgan fingerprint density at radius 3 is 2.03 bits per heavy atom. The minimum Gasteiger partial charge on any atom is -0.480 e. The zero-order chi connectivity index (χ0) is 53.1. The zero-order valence-corrected chi connectivity index (χ0v) is 40.9. The van der Waals surface area contributed by atoms with Crippen molar-refractivity contribution in [3.05, 3.63) is 92.0 Å². The van der Waals surface area contributed by atoms with Crippen LogP contribution in [0, 0.1) is 10.1 Å². The second-order valence-electron chi connectivity index (χ2n) is 15.8. The van der Waals surface area contributed by atoms with E-state index in [1.54, 1.807) is 12.1 Å². The lowest BCUT2D eigenvalue weighted by Crippen LogP contribution is -2.45. The largest absolute Gasteiger partial charge is 0.480 e. The predicted octanol–water partition coefficient (Wildman–Crippen LogP) is 1.58. The average Bonchev–Trinajstić information content (AvgIpc) is 3.36. The van der Waals surface area contributed by atoms with E-state index in [4.69, 9.17) is 47.9 Å². The number of aliphatic hydroxyl groups excluding tert-OH is 1. The third-order valence-electron chi connectivity index (χ3n) is 10.3. The Balaban J connectivity index is 0.951. The molecule has 0 radical (unpaired) electrons. The topological polar surface area (TPSA) is 381 Å². The summed E-state index contributed by atoms with van der Waals surface area (Å²) in [4.78, 5) is 109. The molecule has 2 aromatic carbocycles. The fourth-order valence-corrected chi connectivity index (χ4v) is 6.54. The number of alkyl halides is 2. The first-order chi connectivity index (χ1) is 35.0. The molecule has 0 aliphatic carbocycles. The van der Waals surface area contributed by atoms with Crippen LogP contribution in [0.3, 0.4) is 0 Å². The summed E-state index contributed by atoms with van der Waals surface area (Å²) < 4.78 is 21.7. The monoisotopic (exact) mass is 1060 g/mol. The number of amides is 4. The highest BCUT2D eigenvalue weighted by Gasteiger charge is 2.27. The number of nitrogens with two attached hydrogens (primary N) is 1. The number of carbonyl (C=O) groups excluding carboxylic acids is 5. The van der Waals surface area contributed by atoms with Gasteiger partial charge < -0.3 is 61.5 Å². The summed E-state index contributed by atoms with van der Waals surface area (Å²) >= 11 is 11.2. The number of aliphatic carboxylic acids is 1. The molecule has 2 aromatic heterocycles. The third kappa shape index (κ3) is 21.7. The number of nitro benzene ring substituents is 1. The van der Waals surface area contributed by atoms with E-state index in [0.29, 0.717) is 77.0 Å². The number of fused-ring (bicyclic) bond motifs is 1. The highest BCUT2D eigenvalue weighted by atomic mass is 35.5. The van der Waals surface area contributed by atoms with Gasteiger partial charge in [-0.05, 0) is 67.6 Å². The Kier molecular flexibility index (Phi) is 25.1. The summed E-state index contributed by atoms with van der Waals surface area (Å²) in [7, 11) is 0. The number of rotatable bonds is 34. The van der Waals surface area contributed by atoms with E-state index in [0.717, 1.165) is 0 Å². The number of halogens is 2. The number of carboxylic acids is 1. The number of esters is 1. The van der Waals surface area contributed by atoms with Crippen LogP contribution in [-0.4, -0.2) is 147 Å². The van der Waals surface area contributed by atoms with Crippen molar-refractivity contribution in [3.63, 3.8) is 0 Å². The maximum Gasteiger partial charge on any atom is 0.326 e.